The summed E-state index contributed by atoms with van der Waals surface area (Å²) >= 11 is 0. The molecule has 0 unspecified atom stereocenters. The van der Waals surface area contributed by atoms with Crippen LogP contribution >= 0.6 is 0 Å². The summed E-state index contributed by atoms with van der Waals surface area (Å²) in [5.74, 6) is -0.571. The number of amides is 1. The molecule has 0 aromatic heterocycles. The number of piperidine rings is 1. The van der Waals surface area contributed by atoms with Crippen LogP contribution in [0.4, 0.5) is 0 Å². The van der Waals surface area contributed by atoms with Crippen LogP contribution in [0.5, 0.6) is 0 Å². The third-order valence-electron chi connectivity index (χ3n) is 3.81. The second-order valence-corrected chi connectivity index (χ2v) is 7.41. The van der Waals surface area contributed by atoms with Gasteiger partial charge in [-0.1, -0.05) is 12.8 Å². The highest BCUT2D eigenvalue weighted by Crippen LogP contribution is 2.25. The number of carbonyl (C=O) groups excluding carboxylic acids is 2. The van der Waals surface area contributed by atoms with Gasteiger partial charge in [0.1, 0.15) is 11.5 Å². The van der Waals surface area contributed by atoms with Gasteiger partial charge in [-0.15, -0.1) is 0 Å². The fourth-order valence-corrected chi connectivity index (χ4v) is 4.45. The summed E-state index contributed by atoms with van der Waals surface area (Å²) in [5.41, 5.74) is 0. The van der Waals surface area contributed by atoms with E-state index in [1.807, 2.05) is 0 Å². The van der Waals surface area contributed by atoms with E-state index in [0.717, 1.165) is 12.8 Å². The highest BCUT2D eigenvalue weighted by atomic mass is 32.2. The number of sulfone groups is 1. The first kappa shape index (κ1) is 13.5. The molecule has 1 aliphatic heterocycles. The third kappa shape index (κ3) is 3.10. The van der Waals surface area contributed by atoms with E-state index in [0.29, 0.717) is 38.8 Å². The van der Waals surface area contributed by atoms with Gasteiger partial charge in [0.2, 0.25) is 5.91 Å². The second kappa shape index (κ2) is 5.38. The van der Waals surface area contributed by atoms with Crippen LogP contribution in [0.2, 0.25) is 0 Å². The monoisotopic (exact) mass is 273 g/mol. The van der Waals surface area contributed by atoms with E-state index < -0.39 is 9.84 Å². The summed E-state index contributed by atoms with van der Waals surface area (Å²) in [4.78, 5) is 24.5. The Morgan fingerprint density at radius 3 is 2.28 bits per heavy atom. The normalized spacial score (nSPS) is 22.4. The van der Waals surface area contributed by atoms with E-state index in [-0.39, 0.29) is 22.7 Å². The smallest absolute Gasteiger partial charge is 0.237 e. The first-order valence-electron chi connectivity index (χ1n) is 6.50. The molecule has 0 atom stereocenters. The van der Waals surface area contributed by atoms with Gasteiger partial charge in [0.25, 0.3) is 0 Å². The molecule has 5 nitrogen and oxygen atoms in total. The van der Waals surface area contributed by atoms with E-state index in [2.05, 4.69) is 0 Å². The Hall–Kier alpha value is -0.910. The van der Waals surface area contributed by atoms with Crippen molar-refractivity contribution in [3.63, 3.8) is 0 Å². The molecule has 2 fully saturated rings. The highest BCUT2D eigenvalue weighted by molar-refractivity contribution is 7.92. The predicted molar refractivity (Wildman–Crippen MR) is 66.9 cm³/mol. The Morgan fingerprint density at radius 2 is 1.72 bits per heavy atom. The number of nitrogens with zero attached hydrogens (tertiary/aromatic N) is 1. The lowest BCUT2D eigenvalue weighted by Gasteiger charge is -2.26. The molecule has 1 aliphatic carbocycles. The minimum Gasteiger partial charge on any atom is -0.341 e. The van der Waals surface area contributed by atoms with Gasteiger partial charge in [0, 0.05) is 25.9 Å². The summed E-state index contributed by atoms with van der Waals surface area (Å²) in [5, 5.41) is -0.326. The molecule has 2 aliphatic rings. The topological polar surface area (TPSA) is 71.5 Å². The minimum atomic E-state index is -3.30. The van der Waals surface area contributed by atoms with E-state index in [9.17, 15) is 18.0 Å². The maximum atomic E-state index is 12.0. The van der Waals surface area contributed by atoms with Gasteiger partial charge in [-0.2, -0.15) is 0 Å². The Balaban J connectivity index is 1.92. The number of ketones is 1. The molecular weight excluding hydrogens is 254 g/mol. The highest BCUT2D eigenvalue weighted by Gasteiger charge is 2.32. The average Bonchev–Trinajstić information content (AvgIpc) is 2.83. The van der Waals surface area contributed by atoms with Crippen molar-refractivity contribution in [1.82, 2.24) is 4.90 Å². The van der Waals surface area contributed by atoms with Gasteiger partial charge in [-0.25, -0.2) is 8.42 Å². The molecule has 1 saturated carbocycles. The molecule has 1 amide bonds. The van der Waals surface area contributed by atoms with Gasteiger partial charge in [-0.3, -0.25) is 9.59 Å². The number of rotatable bonds is 3. The summed E-state index contributed by atoms with van der Waals surface area (Å²) < 4.78 is 24.1. The predicted octanol–water partition coefficient (Wildman–Crippen LogP) is 0.535. The van der Waals surface area contributed by atoms with E-state index >= 15 is 0 Å². The van der Waals surface area contributed by atoms with E-state index in [1.165, 1.54) is 4.90 Å². The van der Waals surface area contributed by atoms with E-state index in [4.69, 9.17) is 0 Å². The molecule has 1 heterocycles. The van der Waals surface area contributed by atoms with Crippen molar-refractivity contribution in [2.24, 2.45) is 0 Å². The lowest BCUT2D eigenvalue weighted by atomic mass is 10.1. The molecular formula is C12H19NO4S. The van der Waals surface area contributed by atoms with Crippen molar-refractivity contribution in [1.29, 1.82) is 0 Å². The maximum Gasteiger partial charge on any atom is 0.237 e. The van der Waals surface area contributed by atoms with Crippen LogP contribution in [0.1, 0.15) is 38.5 Å². The zero-order valence-electron chi connectivity index (χ0n) is 10.4. The average molecular weight is 273 g/mol. The quantitative estimate of drug-likeness (QED) is 0.752. The number of hydrogen-bond acceptors (Lipinski definition) is 4. The molecule has 0 aromatic rings. The Kier molecular flexibility index (Phi) is 4.04. The Morgan fingerprint density at radius 1 is 1.17 bits per heavy atom. The van der Waals surface area contributed by atoms with Crippen LogP contribution in [0.3, 0.4) is 0 Å². The number of carbonyl (C=O) groups is 2. The van der Waals surface area contributed by atoms with Gasteiger partial charge < -0.3 is 4.90 Å². The van der Waals surface area contributed by atoms with Crippen molar-refractivity contribution in [3.8, 4) is 0 Å². The van der Waals surface area contributed by atoms with Crippen molar-refractivity contribution in [3.05, 3.63) is 0 Å². The molecule has 0 N–H and O–H groups in total. The third-order valence-corrected chi connectivity index (χ3v) is 5.95. The molecule has 18 heavy (non-hydrogen) atoms. The first-order valence-corrected chi connectivity index (χ1v) is 8.21. The molecule has 2 rings (SSSR count). The summed E-state index contributed by atoms with van der Waals surface area (Å²) in [6, 6.07) is 0. The molecule has 0 radical (unpaired) electrons. The van der Waals surface area contributed by atoms with Crippen molar-refractivity contribution >= 4 is 21.5 Å². The van der Waals surface area contributed by atoms with Gasteiger partial charge in [0.15, 0.2) is 9.84 Å². The van der Waals surface area contributed by atoms with Gasteiger partial charge in [0.05, 0.1) is 5.25 Å². The van der Waals surface area contributed by atoms with Crippen LogP contribution in [-0.4, -0.2) is 49.1 Å². The van der Waals surface area contributed by atoms with Crippen molar-refractivity contribution < 1.29 is 18.0 Å². The number of hydrogen-bond donors (Lipinski definition) is 0. The van der Waals surface area contributed by atoms with Gasteiger partial charge >= 0.3 is 0 Å². The fraction of sp³-hybridized carbons (Fsp3) is 0.833. The van der Waals surface area contributed by atoms with Crippen LogP contribution < -0.4 is 0 Å². The standard InChI is InChI=1S/C12H19NO4S/c14-10-5-7-13(8-6-10)12(15)9-18(16,17)11-3-1-2-4-11/h11H,1-9H2. The van der Waals surface area contributed by atoms with Crippen LogP contribution in [-0.2, 0) is 19.4 Å². The minimum absolute atomic E-state index is 0.151. The lowest BCUT2D eigenvalue weighted by molar-refractivity contribution is -0.132. The van der Waals surface area contributed by atoms with Crippen LogP contribution in [0.25, 0.3) is 0 Å². The lowest BCUT2D eigenvalue weighted by Crippen LogP contribution is -2.42. The molecule has 6 heteroatoms. The Labute approximate surface area is 107 Å². The molecule has 0 aromatic carbocycles. The molecule has 0 bridgehead atoms. The first-order chi connectivity index (χ1) is 8.49. The largest absolute Gasteiger partial charge is 0.341 e. The molecule has 0 spiro atoms. The summed E-state index contributed by atoms with van der Waals surface area (Å²) in [7, 11) is -3.30. The van der Waals surface area contributed by atoms with Crippen LogP contribution in [0, 0.1) is 0 Å². The zero-order chi connectivity index (χ0) is 13.2. The van der Waals surface area contributed by atoms with Gasteiger partial charge in [-0.05, 0) is 12.8 Å². The SMILES string of the molecule is O=C1CCN(C(=O)CS(=O)(=O)C2CCCC2)CC1. The summed E-state index contributed by atoms with van der Waals surface area (Å²) in [6.07, 6.45) is 3.97. The van der Waals surface area contributed by atoms with Crippen molar-refractivity contribution in [2.75, 3.05) is 18.8 Å². The van der Waals surface area contributed by atoms with E-state index in [1.54, 1.807) is 0 Å². The number of likely N-dealkylation sites (tertiary alicyclic amines) is 1. The Bertz CT molecular complexity index is 427. The summed E-state index contributed by atoms with van der Waals surface area (Å²) in [6.45, 7) is 0.746. The fourth-order valence-electron chi connectivity index (χ4n) is 2.63. The van der Waals surface area contributed by atoms with Crippen molar-refractivity contribution in [2.45, 2.75) is 43.8 Å². The number of Topliss-reactive ketones (excluding diaryl/α,β-unsaturated/α-hetero) is 1. The van der Waals surface area contributed by atoms with Crippen LogP contribution in [0.15, 0.2) is 0 Å². The molecule has 102 valence electrons. The molecule has 1 saturated heterocycles. The maximum absolute atomic E-state index is 12.0. The second-order valence-electron chi connectivity index (χ2n) is 5.13. The zero-order valence-corrected chi connectivity index (χ0v) is 11.2.